The average molecular weight is 381 g/mol. The SMILES string of the molecule is Cn1nccc1S(=O)(=O)C(C)(C)C1CCN(C(=O)Nc2ccon2)CC1. The Morgan fingerprint density at radius 3 is 2.54 bits per heavy atom. The number of urea groups is 1. The van der Waals surface area contributed by atoms with Crippen molar-refractivity contribution in [2.24, 2.45) is 13.0 Å². The van der Waals surface area contributed by atoms with E-state index in [1.165, 1.54) is 23.2 Å². The molecule has 1 aliphatic heterocycles. The van der Waals surface area contributed by atoms with Crippen LogP contribution < -0.4 is 5.32 Å². The fourth-order valence-electron chi connectivity index (χ4n) is 3.36. The van der Waals surface area contributed by atoms with Crippen LogP contribution >= 0.6 is 0 Å². The third-order valence-corrected chi connectivity index (χ3v) is 7.85. The average Bonchev–Trinajstić information content (AvgIpc) is 3.26. The number of sulfone groups is 1. The van der Waals surface area contributed by atoms with Gasteiger partial charge in [0.25, 0.3) is 0 Å². The van der Waals surface area contributed by atoms with Crippen LogP contribution in [0.25, 0.3) is 0 Å². The highest BCUT2D eigenvalue weighted by molar-refractivity contribution is 7.92. The number of aryl methyl sites for hydroxylation is 1. The van der Waals surface area contributed by atoms with Crippen LogP contribution in [0.4, 0.5) is 10.6 Å². The highest BCUT2D eigenvalue weighted by Gasteiger charge is 2.45. The molecule has 2 amide bonds. The van der Waals surface area contributed by atoms with Crippen LogP contribution in [-0.2, 0) is 16.9 Å². The lowest BCUT2D eigenvalue weighted by molar-refractivity contribution is 0.171. The summed E-state index contributed by atoms with van der Waals surface area (Å²) >= 11 is 0. The lowest BCUT2D eigenvalue weighted by atomic mass is 9.86. The van der Waals surface area contributed by atoms with Crippen molar-refractivity contribution in [2.45, 2.75) is 36.5 Å². The Morgan fingerprint density at radius 2 is 2.00 bits per heavy atom. The van der Waals surface area contributed by atoms with Gasteiger partial charge in [-0.25, -0.2) is 13.2 Å². The molecule has 3 rings (SSSR count). The molecule has 142 valence electrons. The lowest BCUT2D eigenvalue weighted by Gasteiger charge is -2.39. The van der Waals surface area contributed by atoms with Gasteiger partial charge in [-0.1, -0.05) is 5.16 Å². The van der Waals surface area contributed by atoms with E-state index in [4.69, 9.17) is 0 Å². The number of nitrogens with zero attached hydrogens (tertiary/aromatic N) is 4. The summed E-state index contributed by atoms with van der Waals surface area (Å²) in [5.41, 5.74) is 0. The highest BCUT2D eigenvalue weighted by atomic mass is 32.2. The van der Waals surface area contributed by atoms with Gasteiger partial charge < -0.3 is 9.42 Å². The summed E-state index contributed by atoms with van der Waals surface area (Å²) in [5, 5.41) is 10.5. The summed E-state index contributed by atoms with van der Waals surface area (Å²) in [6.45, 7) is 4.48. The first kappa shape index (κ1) is 18.4. The number of aromatic nitrogens is 3. The maximum absolute atomic E-state index is 13.1. The van der Waals surface area contributed by atoms with Crippen LogP contribution in [0.2, 0.25) is 0 Å². The molecule has 2 aromatic rings. The van der Waals surface area contributed by atoms with Crippen molar-refractivity contribution in [3.8, 4) is 0 Å². The third kappa shape index (κ3) is 3.20. The molecule has 26 heavy (non-hydrogen) atoms. The molecule has 1 saturated heterocycles. The van der Waals surface area contributed by atoms with E-state index >= 15 is 0 Å². The van der Waals surface area contributed by atoms with E-state index in [9.17, 15) is 13.2 Å². The van der Waals surface area contributed by atoms with E-state index in [-0.39, 0.29) is 17.0 Å². The zero-order valence-corrected chi connectivity index (χ0v) is 15.9. The number of nitrogens with one attached hydrogen (secondary N) is 1. The van der Waals surface area contributed by atoms with Gasteiger partial charge in [-0.05, 0) is 38.7 Å². The maximum Gasteiger partial charge on any atom is 0.323 e. The molecular formula is C16H23N5O4S. The Bertz CT molecular complexity index is 864. The molecule has 3 heterocycles. The molecule has 10 heteroatoms. The summed E-state index contributed by atoms with van der Waals surface area (Å²) in [6, 6.07) is 2.83. The first-order valence-electron chi connectivity index (χ1n) is 8.42. The Balaban J connectivity index is 1.67. The normalized spacial score (nSPS) is 16.7. The van der Waals surface area contributed by atoms with Crippen molar-refractivity contribution in [1.29, 1.82) is 0 Å². The quantitative estimate of drug-likeness (QED) is 0.866. The van der Waals surface area contributed by atoms with Crippen LogP contribution in [-0.4, -0.2) is 52.1 Å². The zero-order chi connectivity index (χ0) is 18.9. The van der Waals surface area contributed by atoms with E-state index in [0.29, 0.717) is 31.7 Å². The van der Waals surface area contributed by atoms with Gasteiger partial charge >= 0.3 is 6.03 Å². The van der Waals surface area contributed by atoms with Crippen LogP contribution in [0, 0.1) is 5.92 Å². The predicted molar refractivity (Wildman–Crippen MR) is 94.3 cm³/mol. The summed E-state index contributed by atoms with van der Waals surface area (Å²) in [4.78, 5) is 13.9. The maximum atomic E-state index is 13.1. The van der Waals surface area contributed by atoms with Crippen molar-refractivity contribution in [3.63, 3.8) is 0 Å². The number of likely N-dealkylation sites (tertiary alicyclic amines) is 1. The third-order valence-electron chi connectivity index (χ3n) is 5.18. The van der Waals surface area contributed by atoms with Crippen molar-refractivity contribution in [1.82, 2.24) is 19.8 Å². The van der Waals surface area contributed by atoms with Gasteiger partial charge in [0.05, 0.1) is 10.9 Å². The minimum Gasteiger partial charge on any atom is -0.363 e. The molecule has 2 aromatic heterocycles. The smallest absolute Gasteiger partial charge is 0.323 e. The Kier molecular flexibility index (Phi) is 4.78. The monoisotopic (exact) mass is 381 g/mol. The second kappa shape index (κ2) is 6.75. The number of anilines is 1. The van der Waals surface area contributed by atoms with Gasteiger partial charge in [0, 0.05) is 26.2 Å². The summed E-state index contributed by atoms with van der Waals surface area (Å²) in [7, 11) is -1.92. The van der Waals surface area contributed by atoms with Crippen molar-refractivity contribution >= 4 is 21.7 Å². The number of hydrogen-bond donors (Lipinski definition) is 1. The Hall–Kier alpha value is -2.36. The first-order chi connectivity index (χ1) is 12.2. The van der Waals surface area contributed by atoms with E-state index in [0.717, 1.165) is 0 Å². The zero-order valence-electron chi connectivity index (χ0n) is 15.0. The molecule has 0 radical (unpaired) electrons. The summed E-state index contributed by atoms with van der Waals surface area (Å²) in [6.07, 6.45) is 4.08. The second-order valence-electron chi connectivity index (χ2n) is 6.98. The van der Waals surface area contributed by atoms with Crippen molar-refractivity contribution < 1.29 is 17.7 Å². The molecule has 1 fully saturated rings. The van der Waals surface area contributed by atoms with Crippen LogP contribution in [0.5, 0.6) is 0 Å². The Morgan fingerprint density at radius 1 is 1.31 bits per heavy atom. The molecule has 0 aromatic carbocycles. The fourth-order valence-corrected chi connectivity index (χ4v) is 5.21. The molecule has 1 aliphatic rings. The van der Waals surface area contributed by atoms with Crippen molar-refractivity contribution in [3.05, 3.63) is 24.6 Å². The van der Waals surface area contributed by atoms with Crippen LogP contribution in [0.15, 0.2) is 34.1 Å². The number of hydrogen-bond acceptors (Lipinski definition) is 6. The molecule has 9 nitrogen and oxygen atoms in total. The van der Waals surface area contributed by atoms with E-state index in [1.807, 2.05) is 0 Å². The van der Waals surface area contributed by atoms with E-state index < -0.39 is 14.6 Å². The predicted octanol–water partition coefficient (Wildman–Crippen LogP) is 1.90. The van der Waals surface area contributed by atoms with Gasteiger partial charge in [-0.3, -0.25) is 10.00 Å². The number of piperidine rings is 1. The number of amides is 2. The van der Waals surface area contributed by atoms with Crippen LogP contribution in [0.3, 0.4) is 0 Å². The molecule has 0 atom stereocenters. The van der Waals surface area contributed by atoms with Gasteiger partial charge in [0.2, 0.25) is 9.84 Å². The molecule has 0 saturated carbocycles. The van der Waals surface area contributed by atoms with Gasteiger partial charge in [0.1, 0.15) is 6.26 Å². The molecule has 0 spiro atoms. The topological polar surface area (TPSA) is 110 Å². The van der Waals surface area contributed by atoms with E-state index in [2.05, 4.69) is 20.1 Å². The van der Waals surface area contributed by atoms with Gasteiger partial charge in [-0.2, -0.15) is 5.10 Å². The molecule has 1 N–H and O–H groups in total. The number of carbonyl (C=O) groups excluding carboxylic acids is 1. The highest BCUT2D eigenvalue weighted by Crippen LogP contribution is 2.37. The first-order valence-corrected chi connectivity index (χ1v) is 9.91. The number of rotatable bonds is 4. The van der Waals surface area contributed by atoms with Gasteiger partial charge in [0.15, 0.2) is 10.8 Å². The molecule has 0 unspecified atom stereocenters. The minimum atomic E-state index is -3.55. The Labute approximate surface area is 152 Å². The van der Waals surface area contributed by atoms with E-state index in [1.54, 1.807) is 31.9 Å². The second-order valence-corrected chi connectivity index (χ2v) is 9.45. The standard InChI is InChI=1S/C16H23N5O4S/c1-16(2,26(23,24)14-4-8-17-20(14)3)12-5-9-21(10-6-12)15(22)18-13-7-11-25-19-13/h4,7-8,11-12H,5-6,9-10H2,1-3H3,(H,18,19,22). The van der Waals surface area contributed by atoms with Crippen molar-refractivity contribution in [2.75, 3.05) is 18.4 Å². The fraction of sp³-hybridized carbons (Fsp3) is 0.562. The summed E-state index contributed by atoms with van der Waals surface area (Å²) < 4.78 is 31.3. The lowest BCUT2D eigenvalue weighted by Crippen LogP contribution is -2.48. The largest absolute Gasteiger partial charge is 0.363 e. The number of carbonyl (C=O) groups is 1. The molecular weight excluding hydrogens is 358 g/mol. The molecule has 0 bridgehead atoms. The summed E-state index contributed by atoms with van der Waals surface area (Å²) in [5.74, 6) is 0.301. The molecule has 0 aliphatic carbocycles. The minimum absolute atomic E-state index is 0.0569. The van der Waals surface area contributed by atoms with Crippen LogP contribution in [0.1, 0.15) is 26.7 Å². The van der Waals surface area contributed by atoms with Gasteiger partial charge in [-0.15, -0.1) is 0 Å².